The van der Waals surface area contributed by atoms with Crippen molar-refractivity contribution in [2.24, 2.45) is 0 Å². The molecule has 0 spiro atoms. The van der Waals surface area contributed by atoms with Gasteiger partial charge >= 0.3 is 5.97 Å². The van der Waals surface area contributed by atoms with E-state index in [0.29, 0.717) is 5.56 Å². The molecule has 0 saturated heterocycles. The smallest absolute Gasteiger partial charge is 0.328 e. The quantitative estimate of drug-likeness (QED) is 0.774. The first-order valence-corrected chi connectivity index (χ1v) is 6.35. The van der Waals surface area contributed by atoms with Gasteiger partial charge in [0.1, 0.15) is 0 Å². The van der Waals surface area contributed by atoms with Crippen LogP contribution < -0.4 is 5.32 Å². The maximum Gasteiger partial charge on any atom is 0.328 e. The van der Waals surface area contributed by atoms with Gasteiger partial charge in [0.15, 0.2) is 0 Å². The van der Waals surface area contributed by atoms with Crippen molar-refractivity contribution in [2.75, 3.05) is 0 Å². The third-order valence-electron chi connectivity index (χ3n) is 2.69. The van der Waals surface area contributed by atoms with E-state index in [1.165, 1.54) is 6.08 Å². The normalized spacial score (nSPS) is 12.3. The summed E-state index contributed by atoms with van der Waals surface area (Å²) in [6.07, 6.45) is 4.54. The molecule has 19 heavy (non-hydrogen) atoms. The Morgan fingerprint density at radius 3 is 2.47 bits per heavy atom. The second-order valence-corrected chi connectivity index (χ2v) is 4.46. The summed E-state index contributed by atoms with van der Waals surface area (Å²) in [7, 11) is 0. The first-order chi connectivity index (χ1) is 9.02. The number of benzene rings is 1. The molecule has 0 aliphatic heterocycles. The third kappa shape index (κ3) is 5.38. The molecule has 1 rings (SSSR count). The number of carboxylic acid groups (broad SMARTS) is 1. The third-order valence-corrected chi connectivity index (χ3v) is 2.69. The van der Waals surface area contributed by atoms with Crippen LogP contribution in [0.5, 0.6) is 0 Å². The Balaban J connectivity index is 2.65. The lowest BCUT2D eigenvalue weighted by atomic mass is 10.1. The van der Waals surface area contributed by atoms with Gasteiger partial charge in [-0.25, -0.2) is 4.79 Å². The van der Waals surface area contributed by atoms with Gasteiger partial charge in [-0.1, -0.05) is 25.5 Å². The first-order valence-electron chi connectivity index (χ1n) is 6.35. The van der Waals surface area contributed by atoms with Gasteiger partial charge in [0.05, 0.1) is 0 Å². The van der Waals surface area contributed by atoms with E-state index in [2.05, 4.69) is 12.2 Å². The summed E-state index contributed by atoms with van der Waals surface area (Å²) in [5.41, 5.74) is 1.33. The van der Waals surface area contributed by atoms with Crippen molar-refractivity contribution in [3.63, 3.8) is 0 Å². The first kappa shape index (κ1) is 15.0. The van der Waals surface area contributed by atoms with E-state index in [1.807, 2.05) is 6.92 Å². The molecule has 0 saturated carbocycles. The molecule has 4 nitrogen and oxygen atoms in total. The summed E-state index contributed by atoms with van der Waals surface area (Å²) in [5.74, 6) is -1.09. The molecule has 1 aromatic carbocycles. The molecule has 0 fully saturated rings. The number of hydrogen-bond donors (Lipinski definition) is 2. The van der Waals surface area contributed by atoms with Gasteiger partial charge in [-0.15, -0.1) is 0 Å². The molecule has 1 amide bonds. The van der Waals surface area contributed by atoms with Gasteiger partial charge in [-0.2, -0.15) is 0 Å². The van der Waals surface area contributed by atoms with Crippen LogP contribution >= 0.6 is 0 Å². The summed E-state index contributed by atoms with van der Waals surface area (Å²) in [6, 6.07) is 6.98. The molecule has 102 valence electrons. The SMILES string of the molecule is CCCC(C)NC(=O)c1ccc(/C=C/C(=O)O)cc1. The minimum atomic E-state index is -0.991. The maximum absolute atomic E-state index is 11.9. The van der Waals surface area contributed by atoms with Crippen molar-refractivity contribution in [1.82, 2.24) is 5.32 Å². The second-order valence-electron chi connectivity index (χ2n) is 4.46. The molecule has 4 heteroatoms. The Bertz CT molecular complexity index is 463. The number of rotatable bonds is 6. The van der Waals surface area contributed by atoms with E-state index in [-0.39, 0.29) is 11.9 Å². The number of carboxylic acids is 1. The van der Waals surface area contributed by atoms with Crippen molar-refractivity contribution in [3.8, 4) is 0 Å². The molecule has 0 bridgehead atoms. The standard InChI is InChI=1S/C15H19NO3/c1-3-4-11(2)16-15(19)13-8-5-12(6-9-13)7-10-14(17)18/h5-11H,3-4H2,1-2H3,(H,16,19)(H,17,18)/b10-7+. The predicted octanol–water partition coefficient (Wildman–Crippen LogP) is 2.70. The van der Waals surface area contributed by atoms with Crippen molar-refractivity contribution in [2.45, 2.75) is 32.7 Å². The van der Waals surface area contributed by atoms with Crippen LogP contribution in [0.4, 0.5) is 0 Å². The van der Waals surface area contributed by atoms with E-state index in [4.69, 9.17) is 5.11 Å². The number of nitrogens with one attached hydrogen (secondary N) is 1. The Labute approximate surface area is 113 Å². The van der Waals surface area contributed by atoms with Gasteiger partial charge in [0, 0.05) is 17.7 Å². The zero-order valence-corrected chi connectivity index (χ0v) is 11.2. The highest BCUT2D eigenvalue weighted by Crippen LogP contribution is 2.07. The minimum absolute atomic E-state index is 0.102. The zero-order valence-electron chi connectivity index (χ0n) is 11.2. The van der Waals surface area contributed by atoms with Crippen molar-refractivity contribution >= 4 is 18.0 Å². The fourth-order valence-corrected chi connectivity index (χ4v) is 1.73. The fraction of sp³-hybridized carbons (Fsp3) is 0.333. The fourth-order valence-electron chi connectivity index (χ4n) is 1.73. The molecule has 1 aromatic rings. The molecule has 1 unspecified atom stereocenters. The van der Waals surface area contributed by atoms with Crippen LogP contribution in [0.1, 0.15) is 42.6 Å². The van der Waals surface area contributed by atoms with Gasteiger partial charge < -0.3 is 10.4 Å². The van der Waals surface area contributed by atoms with Crippen LogP contribution in [0.3, 0.4) is 0 Å². The number of aliphatic carboxylic acids is 1. The molecule has 0 aromatic heterocycles. The number of carbonyl (C=O) groups is 2. The van der Waals surface area contributed by atoms with Crippen LogP contribution in [0, 0.1) is 0 Å². The van der Waals surface area contributed by atoms with E-state index in [1.54, 1.807) is 24.3 Å². The minimum Gasteiger partial charge on any atom is -0.478 e. The molecule has 0 aliphatic carbocycles. The highest BCUT2D eigenvalue weighted by atomic mass is 16.4. The maximum atomic E-state index is 11.9. The van der Waals surface area contributed by atoms with Crippen LogP contribution in [-0.2, 0) is 4.79 Å². The Kier molecular flexibility index (Phi) is 5.79. The molecule has 0 aliphatic rings. The lowest BCUT2D eigenvalue weighted by Crippen LogP contribution is -2.32. The second kappa shape index (κ2) is 7.36. The van der Waals surface area contributed by atoms with E-state index in [0.717, 1.165) is 24.5 Å². The van der Waals surface area contributed by atoms with Gasteiger partial charge in [0.2, 0.25) is 0 Å². The van der Waals surface area contributed by atoms with Crippen molar-refractivity contribution in [3.05, 3.63) is 41.5 Å². The van der Waals surface area contributed by atoms with Gasteiger partial charge in [0.25, 0.3) is 5.91 Å². The summed E-state index contributed by atoms with van der Waals surface area (Å²) >= 11 is 0. The van der Waals surface area contributed by atoms with Crippen LogP contribution in [0.15, 0.2) is 30.3 Å². The lowest BCUT2D eigenvalue weighted by molar-refractivity contribution is -0.131. The monoisotopic (exact) mass is 261 g/mol. The average molecular weight is 261 g/mol. The van der Waals surface area contributed by atoms with Crippen molar-refractivity contribution < 1.29 is 14.7 Å². The number of hydrogen-bond acceptors (Lipinski definition) is 2. The van der Waals surface area contributed by atoms with Crippen LogP contribution in [-0.4, -0.2) is 23.0 Å². The number of carbonyl (C=O) groups excluding carboxylic acids is 1. The zero-order chi connectivity index (χ0) is 14.3. The molecular formula is C15H19NO3. The topological polar surface area (TPSA) is 66.4 Å². The molecule has 2 N–H and O–H groups in total. The summed E-state index contributed by atoms with van der Waals surface area (Å²) in [6.45, 7) is 4.05. The van der Waals surface area contributed by atoms with Gasteiger partial charge in [-0.3, -0.25) is 4.79 Å². The number of amides is 1. The van der Waals surface area contributed by atoms with Crippen molar-refractivity contribution in [1.29, 1.82) is 0 Å². The van der Waals surface area contributed by atoms with E-state index < -0.39 is 5.97 Å². The van der Waals surface area contributed by atoms with Gasteiger partial charge in [-0.05, 0) is 37.1 Å². The summed E-state index contributed by atoms with van der Waals surface area (Å²) in [5, 5.41) is 11.4. The Hall–Kier alpha value is -2.10. The van der Waals surface area contributed by atoms with E-state index >= 15 is 0 Å². The average Bonchev–Trinajstić information content (AvgIpc) is 2.37. The Morgan fingerprint density at radius 2 is 1.95 bits per heavy atom. The Morgan fingerprint density at radius 1 is 1.32 bits per heavy atom. The highest BCUT2D eigenvalue weighted by molar-refractivity contribution is 5.94. The van der Waals surface area contributed by atoms with Crippen LogP contribution in [0.25, 0.3) is 6.08 Å². The van der Waals surface area contributed by atoms with Crippen LogP contribution in [0.2, 0.25) is 0 Å². The summed E-state index contributed by atoms with van der Waals surface area (Å²) in [4.78, 5) is 22.3. The predicted molar refractivity (Wildman–Crippen MR) is 74.9 cm³/mol. The molecule has 0 heterocycles. The molecular weight excluding hydrogens is 242 g/mol. The lowest BCUT2D eigenvalue weighted by Gasteiger charge is -2.12. The van der Waals surface area contributed by atoms with E-state index in [9.17, 15) is 9.59 Å². The summed E-state index contributed by atoms with van der Waals surface area (Å²) < 4.78 is 0. The molecule has 1 atom stereocenters. The highest BCUT2D eigenvalue weighted by Gasteiger charge is 2.08. The molecule has 0 radical (unpaired) electrons. The largest absolute Gasteiger partial charge is 0.478 e.